The van der Waals surface area contributed by atoms with Gasteiger partial charge in [-0.05, 0) is 31.0 Å². The number of ether oxygens (including phenoxy) is 2. The van der Waals surface area contributed by atoms with Crippen LogP contribution in [0.3, 0.4) is 0 Å². The van der Waals surface area contributed by atoms with Crippen LogP contribution in [0.4, 0.5) is 5.69 Å². The second-order valence-corrected chi connectivity index (χ2v) is 7.42. The molecule has 9 nitrogen and oxygen atoms in total. The quantitative estimate of drug-likeness (QED) is 0.377. The van der Waals surface area contributed by atoms with Gasteiger partial charge in [0.2, 0.25) is 11.8 Å². The van der Waals surface area contributed by atoms with E-state index in [-0.39, 0.29) is 11.8 Å². The lowest BCUT2D eigenvalue weighted by molar-refractivity contribution is -0.384. The summed E-state index contributed by atoms with van der Waals surface area (Å²) in [6, 6.07) is 14.0. The SMILES string of the molecule is COc1ccccc1CN(Cc1nnc(-c2ccc([N+](=O)[O-])cc2)o1)CC1CCCO1. The second kappa shape index (κ2) is 9.67. The summed E-state index contributed by atoms with van der Waals surface area (Å²) in [4.78, 5) is 12.6. The van der Waals surface area contributed by atoms with Crippen molar-refractivity contribution in [3.05, 3.63) is 70.1 Å². The largest absolute Gasteiger partial charge is 0.496 e. The summed E-state index contributed by atoms with van der Waals surface area (Å²) in [5, 5.41) is 19.1. The maximum Gasteiger partial charge on any atom is 0.269 e. The molecule has 0 spiro atoms. The van der Waals surface area contributed by atoms with Crippen molar-refractivity contribution in [1.82, 2.24) is 15.1 Å². The van der Waals surface area contributed by atoms with Gasteiger partial charge in [-0.3, -0.25) is 15.0 Å². The molecule has 9 heteroatoms. The lowest BCUT2D eigenvalue weighted by Gasteiger charge is -2.24. The van der Waals surface area contributed by atoms with Crippen LogP contribution >= 0.6 is 0 Å². The number of nitrogens with zero attached hydrogens (tertiary/aromatic N) is 4. The predicted octanol–water partition coefficient (Wildman–Crippen LogP) is 3.83. The molecule has 3 aromatic rings. The van der Waals surface area contributed by atoms with E-state index in [1.54, 1.807) is 19.2 Å². The number of hydrogen-bond acceptors (Lipinski definition) is 8. The monoisotopic (exact) mass is 424 g/mol. The Morgan fingerprint density at radius 1 is 1.16 bits per heavy atom. The number of para-hydroxylation sites is 1. The molecule has 162 valence electrons. The lowest BCUT2D eigenvalue weighted by Crippen LogP contribution is -2.31. The molecular formula is C22H24N4O5. The van der Waals surface area contributed by atoms with Crippen LogP contribution in [0.5, 0.6) is 5.75 Å². The van der Waals surface area contributed by atoms with Gasteiger partial charge in [-0.25, -0.2) is 0 Å². The second-order valence-electron chi connectivity index (χ2n) is 7.42. The zero-order valence-electron chi connectivity index (χ0n) is 17.3. The van der Waals surface area contributed by atoms with Crippen molar-refractivity contribution in [3.63, 3.8) is 0 Å². The Bertz CT molecular complexity index is 1010. The molecule has 0 amide bonds. The highest BCUT2D eigenvalue weighted by Gasteiger charge is 2.22. The van der Waals surface area contributed by atoms with Crippen LogP contribution in [0.15, 0.2) is 52.9 Å². The average molecular weight is 424 g/mol. The van der Waals surface area contributed by atoms with Crippen molar-refractivity contribution >= 4 is 5.69 Å². The normalized spacial score (nSPS) is 16.0. The summed E-state index contributed by atoms with van der Waals surface area (Å²) in [5.74, 6) is 1.64. The first kappa shape index (κ1) is 21.0. The minimum absolute atomic E-state index is 0.0167. The zero-order chi connectivity index (χ0) is 21.6. The average Bonchev–Trinajstić information content (AvgIpc) is 3.46. The summed E-state index contributed by atoms with van der Waals surface area (Å²) in [6.45, 7) is 2.64. The van der Waals surface area contributed by atoms with Crippen LogP contribution in [-0.4, -0.2) is 46.4 Å². The molecule has 0 N–H and O–H groups in total. The molecule has 0 saturated carbocycles. The topological polar surface area (TPSA) is 104 Å². The standard InChI is InChI=1S/C22H24N4O5/c1-29-20-7-3-2-5-17(20)13-25(14-19-6-4-12-30-19)15-21-23-24-22(31-21)16-8-10-18(11-9-16)26(27)28/h2-3,5,7-11,19H,4,6,12-15H2,1H3. The highest BCUT2D eigenvalue weighted by Crippen LogP contribution is 2.24. The van der Waals surface area contributed by atoms with Gasteiger partial charge in [-0.15, -0.1) is 10.2 Å². The molecule has 1 aliphatic rings. The fourth-order valence-electron chi connectivity index (χ4n) is 3.69. The van der Waals surface area contributed by atoms with E-state index in [0.29, 0.717) is 30.4 Å². The molecule has 0 radical (unpaired) electrons. The van der Waals surface area contributed by atoms with Gasteiger partial charge in [0, 0.05) is 43.0 Å². The van der Waals surface area contributed by atoms with E-state index in [0.717, 1.165) is 37.3 Å². The molecule has 31 heavy (non-hydrogen) atoms. The summed E-state index contributed by atoms with van der Waals surface area (Å²) >= 11 is 0. The molecule has 0 aliphatic carbocycles. The van der Waals surface area contributed by atoms with Gasteiger partial charge < -0.3 is 13.9 Å². The first-order chi connectivity index (χ1) is 15.1. The molecule has 1 atom stereocenters. The van der Waals surface area contributed by atoms with E-state index < -0.39 is 4.92 Å². The first-order valence-electron chi connectivity index (χ1n) is 10.2. The molecule has 1 fully saturated rings. The van der Waals surface area contributed by atoms with Crippen molar-refractivity contribution < 1.29 is 18.8 Å². The first-order valence-corrected chi connectivity index (χ1v) is 10.2. The van der Waals surface area contributed by atoms with Crippen molar-refractivity contribution in [2.75, 3.05) is 20.3 Å². The van der Waals surface area contributed by atoms with Gasteiger partial charge in [0.05, 0.1) is 24.7 Å². The number of non-ortho nitro benzene ring substituents is 1. The molecule has 1 saturated heterocycles. The summed E-state index contributed by atoms with van der Waals surface area (Å²) in [7, 11) is 1.66. The third-order valence-electron chi connectivity index (χ3n) is 5.22. The van der Waals surface area contributed by atoms with E-state index >= 15 is 0 Å². The maximum absolute atomic E-state index is 10.8. The van der Waals surface area contributed by atoms with Crippen LogP contribution in [0.1, 0.15) is 24.3 Å². The fourth-order valence-corrected chi connectivity index (χ4v) is 3.69. The minimum Gasteiger partial charge on any atom is -0.496 e. The number of methoxy groups -OCH3 is 1. The number of benzene rings is 2. The Balaban J connectivity index is 1.50. The van der Waals surface area contributed by atoms with E-state index in [4.69, 9.17) is 13.9 Å². The molecule has 1 unspecified atom stereocenters. The van der Waals surface area contributed by atoms with E-state index in [1.807, 2.05) is 24.3 Å². The molecule has 1 aromatic heterocycles. The fraction of sp³-hybridized carbons (Fsp3) is 0.364. The van der Waals surface area contributed by atoms with Gasteiger partial charge in [0.1, 0.15) is 5.75 Å². The number of rotatable bonds is 9. The Kier molecular flexibility index (Phi) is 6.54. The van der Waals surface area contributed by atoms with Gasteiger partial charge in [0.15, 0.2) is 0 Å². The predicted molar refractivity (Wildman–Crippen MR) is 112 cm³/mol. The minimum atomic E-state index is -0.441. The molecule has 2 aromatic carbocycles. The number of hydrogen-bond donors (Lipinski definition) is 0. The smallest absolute Gasteiger partial charge is 0.269 e. The van der Waals surface area contributed by atoms with Crippen molar-refractivity contribution in [2.24, 2.45) is 0 Å². The Labute approximate surface area is 179 Å². The van der Waals surface area contributed by atoms with Crippen molar-refractivity contribution in [1.29, 1.82) is 0 Å². The lowest BCUT2D eigenvalue weighted by atomic mass is 10.1. The van der Waals surface area contributed by atoms with E-state index in [1.165, 1.54) is 12.1 Å². The van der Waals surface area contributed by atoms with Gasteiger partial charge in [-0.1, -0.05) is 18.2 Å². The Morgan fingerprint density at radius 2 is 1.97 bits per heavy atom. The molecule has 0 bridgehead atoms. The van der Waals surface area contributed by atoms with E-state index in [2.05, 4.69) is 15.1 Å². The number of nitro groups is 1. The van der Waals surface area contributed by atoms with Gasteiger partial charge >= 0.3 is 0 Å². The third kappa shape index (κ3) is 5.25. The Morgan fingerprint density at radius 3 is 2.68 bits per heavy atom. The molecule has 2 heterocycles. The van der Waals surface area contributed by atoms with Crippen molar-refractivity contribution in [3.8, 4) is 17.2 Å². The zero-order valence-corrected chi connectivity index (χ0v) is 17.3. The number of nitro benzene ring substituents is 1. The molecular weight excluding hydrogens is 400 g/mol. The van der Waals surface area contributed by atoms with Crippen LogP contribution in [0, 0.1) is 10.1 Å². The molecule has 1 aliphatic heterocycles. The number of aromatic nitrogens is 2. The van der Waals surface area contributed by atoms with E-state index in [9.17, 15) is 10.1 Å². The van der Waals surface area contributed by atoms with Crippen LogP contribution in [0.25, 0.3) is 11.5 Å². The highest BCUT2D eigenvalue weighted by atomic mass is 16.6. The highest BCUT2D eigenvalue weighted by molar-refractivity contribution is 5.55. The van der Waals surface area contributed by atoms with Crippen molar-refractivity contribution in [2.45, 2.75) is 32.0 Å². The van der Waals surface area contributed by atoms with Crippen LogP contribution < -0.4 is 4.74 Å². The van der Waals surface area contributed by atoms with Gasteiger partial charge in [-0.2, -0.15) is 0 Å². The Hall–Kier alpha value is -3.30. The van der Waals surface area contributed by atoms with Crippen LogP contribution in [-0.2, 0) is 17.8 Å². The third-order valence-corrected chi connectivity index (χ3v) is 5.22. The summed E-state index contributed by atoms with van der Waals surface area (Å²) < 4.78 is 17.2. The summed E-state index contributed by atoms with van der Waals surface area (Å²) in [6.07, 6.45) is 2.27. The maximum atomic E-state index is 10.8. The van der Waals surface area contributed by atoms with Gasteiger partial charge in [0.25, 0.3) is 5.69 Å². The summed E-state index contributed by atoms with van der Waals surface area (Å²) in [5.41, 5.74) is 1.72. The molecule has 4 rings (SSSR count). The van der Waals surface area contributed by atoms with Crippen LogP contribution in [0.2, 0.25) is 0 Å².